The fourth-order valence-electron chi connectivity index (χ4n) is 2.13. The lowest BCUT2D eigenvalue weighted by Gasteiger charge is -2.21. The normalized spacial score (nSPS) is 15.8. The minimum absolute atomic E-state index is 0.0490. The minimum Gasteiger partial charge on any atom is -0.388 e. The zero-order valence-corrected chi connectivity index (χ0v) is 12.4. The van der Waals surface area contributed by atoms with E-state index in [1.54, 1.807) is 11.3 Å². The summed E-state index contributed by atoms with van der Waals surface area (Å²) < 4.78 is 0. The molecule has 1 aromatic heterocycles. The molecule has 0 aliphatic rings. The van der Waals surface area contributed by atoms with E-state index in [-0.39, 0.29) is 6.04 Å². The molecule has 0 radical (unpaired) electrons. The van der Waals surface area contributed by atoms with E-state index in [0.29, 0.717) is 13.0 Å². The van der Waals surface area contributed by atoms with Gasteiger partial charge in [0.15, 0.2) is 0 Å². The second kappa shape index (κ2) is 7.55. The van der Waals surface area contributed by atoms with Crippen LogP contribution in [0.4, 0.5) is 0 Å². The fraction of sp³-hybridized carbons (Fsp3) is 0.375. The maximum Gasteiger partial charge on any atom is 0.0940 e. The van der Waals surface area contributed by atoms with E-state index >= 15 is 0 Å². The van der Waals surface area contributed by atoms with Crippen LogP contribution in [0.5, 0.6) is 0 Å². The number of benzene rings is 1. The van der Waals surface area contributed by atoms with Crippen LogP contribution in [-0.4, -0.2) is 22.8 Å². The van der Waals surface area contributed by atoms with Crippen molar-refractivity contribution in [2.75, 3.05) is 6.54 Å². The van der Waals surface area contributed by atoms with Gasteiger partial charge in [-0.1, -0.05) is 30.3 Å². The molecule has 3 nitrogen and oxygen atoms in total. The third-order valence-electron chi connectivity index (χ3n) is 3.43. The van der Waals surface area contributed by atoms with Gasteiger partial charge >= 0.3 is 0 Å². The van der Waals surface area contributed by atoms with Gasteiger partial charge in [0.2, 0.25) is 0 Å². The highest BCUT2D eigenvalue weighted by Gasteiger charge is 2.16. The fourth-order valence-corrected chi connectivity index (χ4v) is 2.84. The number of aliphatic hydroxyl groups is 2. The number of hydrogen-bond donors (Lipinski definition) is 3. The largest absolute Gasteiger partial charge is 0.388 e. The van der Waals surface area contributed by atoms with Crippen molar-refractivity contribution in [3.8, 4) is 0 Å². The van der Waals surface area contributed by atoms with E-state index in [1.807, 2.05) is 54.1 Å². The van der Waals surface area contributed by atoms with Gasteiger partial charge in [0, 0.05) is 6.04 Å². The first-order valence-corrected chi connectivity index (χ1v) is 7.79. The number of hydrogen-bond acceptors (Lipinski definition) is 4. The zero-order valence-electron chi connectivity index (χ0n) is 11.6. The van der Waals surface area contributed by atoms with E-state index in [1.165, 1.54) is 0 Å². The summed E-state index contributed by atoms with van der Waals surface area (Å²) in [5.74, 6) is 0. The average molecular weight is 291 g/mol. The highest BCUT2D eigenvalue weighted by molar-refractivity contribution is 7.07. The van der Waals surface area contributed by atoms with Crippen molar-refractivity contribution in [2.24, 2.45) is 0 Å². The number of rotatable bonds is 7. The molecule has 0 bridgehead atoms. The van der Waals surface area contributed by atoms with E-state index in [4.69, 9.17) is 0 Å². The molecule has 0 amide bonds. The second-order valence-electron chi connectivity index (χ2n) is 4.96. The van der Waals surface area contributed by atoms with Gasteiger partial charge in [-0.05, 0) is 47.8 Å². The molecule has 0 aliphatic heterocycles. The molecule has 3 N–H and O–H groups in total. The van der Waals surface area contributed by atoms with Crippen LogP contribution in [0, 0.1) is 0 Å². The number of thiophene rings is 1. The van der Waals surface area contributed by atoms with Crippen LogP contribution in [0.1, 0.15) is 36.7 Å². The van der Waals surface area contributed by atoms with Gasteiger partial charge in [-0.15, -0.1) is 0 Å². The van der Waals surface area contributed by atoms with Crippen LogP contribution in [0.2, 0.25) is 0 Å². The lowest BCUT2D eigenvalue weighted by Crippen LogP contribution is -2.33. The quantitative estimate of drug-likeness (QED) is 0.735. The molecule has 3 atom stereocenters. The Hall–Kier alpha value is -1.20. The van der Waals surface area contributed by atoms with Gasteiger partial charge in [0.05, 0.1) is 12.2 Å². The lowest BCUT2D eigenvalue weighted by molar-refractivity contribution is 0.127. The van der Waals surface area contributed by atoms with Crippen molar-refractivity contribution < 1.29 is 10.2 Å². The van der Waals surface area contributed by atoms with Crippen LogP contribution in [0.25, 0.3) is 0 Å². The third-order valence-corrected chi connectivity index (χ3v) is 4.13. The van der Waals surface area contributed by atoms with Crippen LogP contribution in [-0.2, 0) is 0 Å². The molecular weight excluding hydrogens is 270 g/mol. The van der Waals surface area contributed by atoms with Gasteiger partial charge in [-0.2, -0.15) is 11.3 Å². The highest BCUT2D eigenvalue weighted by Crippen LogP contribution is 2.20. The van der Waals surface area contributed by atoms with Crippen molar-refractivity contribution in [3.05, 3.63) is 58.3 Å². The molecule has 1 aromatic carbocycles. The van der Waals surface area contributed by atoms with Crippen molar-refractivity contribution >= 4 is 11.3 Å². The lowest BCUT2D eigenvalue weighted by atomic mass is 10.0. The topological polar surface area (TPSA) is 52.5 Å². The van der Waals surface area contributed by atoms with Gasteiger partial charge in [0.25, 0.3) is 0 Å². The molecule has 0 saturated carbocycles. The number of aliphatic hydroxyl groups excluding tert-OH is 2. The molecule has 0 spiro atoms. The Morgan fingerprint density at radius 2 is 1.85 bits per heavy atom. The maximum atomic E-state index is 10.2. The summed E-state index contributed by atoms with van der Waals surface area (Å²) in [5, 5.41) is 27.4. The summed E-state index contributed by atoms with van der Waals surface area (Å²) >= 11 is 1.59. The predicted octanol–water partition coefficient (Wildman–Crippen LogP) is 2.88. The SMILES string of the molecule is CC(NCCC(O)c1ccsc1)C(O)c1ccccc1. The Labute approximate surface area is 123 Å². The third kappa shape index (κ3) is 4.15. The zero-order chi connectivity index (χ0) is 14.4. The maximum absolute atomic E-state index is 10.2. The van der Waals surface area contributed by atoms with Crippen molar-refractivity contribution in [2.45, 2.75) is 31.6 Å². The molecule has 0 aliphatic carbocycles. The molecule has 0 fully saturated rings. The first-order valence-electron chi connectivity index (χ1n) is 6.85. The molecule has 108 valence electrons. The monoisotopic (exact) mass is 291 g/mol. The summed E-state index contributed by atoms with van der Waals surface area (Å²) in [4.78, 5) is 0. The Kier molecular flexibility index (Phi) is 5.73. The summed E-state index contributed by atoms with van der Waals surface area (Å²) in [5.41, 5.74) is 1.87. The van der Waals surface area contributed by atoms with Crippen molar-refractivity contribution in [1.82, 2.24) is 5.32 Å². The Bertz CT molecular complexity index is 486. The Balaban J connectivity index is 1.76. The van der Waals surface area contributed by atoms with Gasteiger partial charge in [-0.3, -0.25) is 0 Å². The predicted molar refractivity (Wildman–Crippen MR) is 82.8 cm³/mol. The summed E-state index contributed by atoms with van der Waals surface area (Å²) in [6.45, 7) is 2.62. The van der Waals surface area contributed by atoms with Crippen LogP contribution < -0.4 is 5.32 Å². The summed E-state index contributed by atoms with van der Waals surface area (Å²) in [6, 6.07) is 11.5. The van der Waals surface area contributed by atoms with E-state index in [2.05, 4.69) is 5.32 Å². The second-order valence-corrected chi connectivity index (χ2v) is 5.74. The van der Waals surface area contributed by atoms with Crippen LogP contribution in [0.3, 0.4) is 0 Å². The van der Waals surface area contributed by atoms with Gasteiger partial charge in [0.1, 0.15) is 0 Å². The van der Waals surface area contributed by atoms with Gasteiger partial charge in [-0.25, -0.2) is 0 Å². The Morgan fingerprint density at radius 3 is 2.50 bits per heavy atom. The highest BCUT2D eigenvalue weighted by atomic mass is 32.1. The number of nitrogens with one attached hydrogen (secondary N) is 1. The Morgan fingerprint density at radius 1 is 1.10 bits per heavy atom. The standard InChI is InChI=1S/C16H21NO2S/c1-12(16(19)13-5-3-2-4-6-13)17-9-7-15(18)14-8-10-20-11-14/h2-6,8,10-12,15-19H,7,9H2,1H3. The molecular formula is C16H21NO2S. The molecule has 0 saturated heterocycles. The molecule has 2 aromatic rings. The van der Waals surface area contributed by atoms with Crippen molar-refractivity contribution in [3.63, 3.8) is 0 Å². The van der Waals surface area contributed by atoms with E-state index in [9.17, 15) is 10.2 Å². The molecule has 4 heteroatoms. The minimum atomic E-state index is -0.533. The van der Waals surface area contributed by atoms with Crippen LogP contribution >= 0.6 is 11.3 Å². The first kappa shape index (κ1) is 15.2. The summed E-state index contributed by atoms with van der Waals surface area (Å²) in [6.07, 6.45) is -0.327. The molecule has 1 heterocycles. The van der Waals surface area contributed by atoms with E-state index < -0.39 is 12.2 Å². The molecule has 3 unspecified atom stereocenters. The first-order chi connectivity index (χ1) is 9.68. The summed E-state index contributed by atoms with van der Waals surface area (Å²) in [7, 11) is 0. The average Bonchev–Trinajstić information content (AvgIpc) is 3.01. The van der Waals surface area contributed by atoms with Crippen molar-refractivity contribution in [1.29, 1.82) is 0 Å². The molecule has 2 rings (SSSR count). The smallest absolute Gasteiger partial charge is 0.0940 e. The van der Waals surface area contributed by atoms with E-state index in [0.717, 1.165) is 11.1 Å². The van der Waals surface area contributed by atoms with Crippen LogP contribution in [0.15, 0.2) is 47.2 Å². The molecule has 20 heavy (non-hydrogen) atoms. The van der Waals surface area contributed by atoms with Gasteiger partial charge < -0.3 is 15.5 Å².